The average molecular weight is 299 g/mol. The standard InChI is InChI=1S/C17H14FNO3/c18-14-2-4-15(5-3-14)20-8-7-13(10-19)12-1-6-16-17(9-12)22-11-21-16/h1-6,9,13H,7-8,11H2. The van der Waals surface area contributed by atoms with Gasteiger partial charge in [0.05, 0.1) is 18.6 Å². The van der Waals surface area contributed by atoms with Gasteiger partial charge in [-0.3, -0.25) is 0 Å². The van der Waals surface area contributed by atoms with Gasteiger partial charge in [-0.1, -0.05) is 6.07 Å². The molecule has 3 rings (SSSR count). The zero-order chi connectivity index (χ0) is 15.4. The van der Waals surface area contributed by atoms with E-state index in [0.29, 0.717) is 30.3 Å². The van der Waals surface area contributed by atoms with Crippen LogP contribution in [0.1, 0.15) is 17.9 Å². The van der Waals surface area contributed by atoms with Crippen molar-refractivity contribution in [2.45, 2.75) is 12.3 Å². The van der Waals surface area contributed by atoms with Gasteiger partial charge in [-0.15, -0.1) is 0 Å². The molecule has 1 aliphatic rings. The largest absolute Gasteiger partial charge is 0.494 e. The molecular weight excluding hydrogens is 285 g/mol. The van der Waals surface area contributed by atoms with E-state index >= 15 is 0 Å². The van der Waals surface area contributed by atoms with Crippen LogP contribution < -0.4 is 14.2 Å². The third-order valence-electron chi connectivity index (χ3n) is 3.44. The van der Waals surface area contributed by atoms with Crippen molar-refractivity contribution in [1.29, 1.82) is 5.26 Å². The fraction of sp³-hybridized carbons (Fsp3) is 0.235. The third kappa shape index (κ3) is 3.12. The predicted octanol–water partition coefficient (Wildman–Crippen LogP) is 3.63. The van der Waals surface area contributed by atoms with Crippen LogP contribution in [-0.2, 0) is 0 Å². The number of benzene rings is 2. The molecule has 0 amide bonds. The molecule has 0 saturated heterocycles. The van der Waals surface area contributed by atoms with Crippen molar-refractivity contribution < 1.29 is 18.6 Å². The summed E-state index contributed by atoms with van der Waals surface area (Å²) in [5.74, 6) is 1.35. The highest BCUT2D eigenvalue weighted by atomic mass is 19.1. The lowest BCUT2D eigenvalue weighted by molar-refractivity contribution is 0.174. The molecule has 0 fully saturated rings. The molecule has 5 heteroatoms. The van der Waals surface area contributed by atoms with Gasteiger partial charge in [0.2, 0.25) is 6.79 Å². The predicted molar refractivity (Wildman–Crippen MR) is 77.4 cm³/mol. The Morgan fingerprint density at radius 1 is 1.14 bits per heavy atom. The molecule has 1 heterocycles. The maximum absolute atomic E-state index is 12.8. The molecule has 22 heavy (non-hydrogen) atoms. The van der Waals surface area contributed by atoms with Crippen LogP contribution in [0.25, 0.3) is 0 Å². The van der Waals surface area contributed by atoms with Crippen LogP contribution in [0.15, 0.2) is 42.5 Å². The second-order valence-electron chi connectivity index (χ2n) is 4.89. The summed E-state index contributed by atoms with van der Waals surface area (Å²) in [6.07, 6.45) is 0.535. The van der Waals surface area contributed by atoms with Crippen molar-refractivity contribution in [2.24, 2.45) is 0 Å². The van der Waals surface area contributed by atoms with Crippen LogP contribution in [0.4, 0.5) is 4.39 Å². The number of ether oxygens (including phenoxy) is 3. The highest BCUT2D eigenvalue weighted by Gasteiger charge is 2.17. The second-order valence-corrected chi connectivity index (χ2v) is 4.89. The Balaban J connectivity index is 1.60. The van der Waals surface area contributed by atoms with E-state index < -0.39 is 0 Å². The van der Waals surface area contributed by atoms with E-state index in [1.165, 1.54) is 12.1 Å². The molecule has 0 radical (unpaired) electrons. The van der Waals surface area contributed by atoms with E-state index in [1.54, 1.807) is 12.1 Å². The van der Waals surface area contributed by atoms with Crippen LogP contribution in [0.3, 0.4) is 0 Å². The fourth-order valence-corrected chi connectivity index (χ4v) is 2.26. The number of rotatable bonds is 5. The molecule has 0 aliphatic carbocycles. The minimum absolute atomic E-state index is 0.212. The Morgan fingerprint density at radius 3 is 2.68 bits per heavy atom. The first kappa shape index (κ1) is 14.2. The Hall–Kier alpha value is -2.74. The highest BCUT2D eigenvalue weighted by Crippen LogP contribution is 2.35. The second kappa shape index (κ2) is 6.35. The monoisotopic (exact) mass is 299 g/mol. The van der Waals surface area contributed by atoms with Crippen LogP contribution in [0.5, 0.6) is 17.2 Å². The summed E-state index contributed by atoms with van der Waals surface area (Å²) < 4.78 is 28.9. The molecule has 0 bridgehead atoms. The molecule has 4 nitrogen and oxygen atoms in total. The van der Waals surface area contributed by atoms with Crippen LogP contribution in [0.2, 0.25) is 0 Å². The van der Waals surface area contributed by atoms with E-state index in [2.05, 4.69) is 6.07 Å². The van der Waals surface area contributed by atoms with Gasteiger partial charge in [0.15, 0.2) is 11.5 Å². The summed E-state index contributed by atoms with van der Waals surface area (Å²) in [4.78, 5) is 0. The number of fused-ring (bicyclic) bond motifs is 1. The molecular formula is C17H14FNO3. The van der Waals surface area contributed by atoms with Crippen molar-refractivity contribution >= 4 is 0 Å². The Bertz CT molecular complexity index is 694. The quantitative estimate of drug-likeness (QED) is 0.846. The summed E-state index contributed by atoms with van der Waals surface area (Å²) in [7, 11) is 0. The van der Waals surface area contributed by atoms with Crippen molar-refractivity contribution in [3.05, 3.63) is 53.8 Å². The number of hydrogen-bond donors (Lipinski definition) is 0. The highest BCUT2D eigenvalue weighted by molar-refractivity contribution is 5.46. The first-order chi connectivity index (χ1) is 10.8. The number of hydrogen-bond acceptors (Lipinski definition) is 4. The Labute approximate surface area is 127 Å². The molecule has 1 unspecified atom stereocenters. The first-order valence-corrected chi connectivity index (χ1v) is 6.94. The average Bonchev–Trinajstić information content (AvgIpc) is 3.01. The topological polar surface area (TPSA) is 51.5 Å². The molecule has 2 aromatic carbocycles. The normalized spacial score (nSPS) is 13.5. The molecule has 0 saturated carbocycles. The summed E-state index contributed by atoms with van der Waals surface area (Å²) >= 11 is 0. The lowest BCUT2D eigenvalue weighted by Crippen LogP contribution is -2.04. The van der Waals surface area contributed by atoms with Gasteiger partial charge in [0.1, 0.15) is 11.6 Å². The van der Waals surface area contributed by atoms with Gasteiger partial charge in [-0.25, -0.2) is 4.39 Å². The molecule has 0 aromatic heterocycles. The van der Waals surface area contributed by atoms with Crippen molar-refractivity contribution in [2.75, 3.05) is 13.4 Å². The Kier molecular flexibility index (Phi) is 4.10. The number of nitrogens with zero attached hydrogens (tertiary/aromatic N) is 1. The molecule has 0 spiro atoms. The fourth-order valence-electron chi connectivity index (χ4n) is 2.26. The van der Waals surface area contributed by atoms with E-state index in [9.17, 15) is 9.65 Å². The van der Waals surface area contributed by atoms with Crippen LogP contribution in [-0.4, -0.2) is 13.4 Å². The lowest BCUT2D eigenvalue weighted by Gasteiger charge is -2.11. The van der Waals surface area contributed by atoms with Crippen molar-refractivity contribution in [3.63, 3.8) is 0 Å². The van der Waals surface area contributed by atoms with Gasteiger partial charge < -0.3 is 14.2 Å². The van der Waals surface area contributed by atoms with Gasteiger partial charge >= 0.3 is 0 Å². The summed E-state index contributed by atoms with van der Waals surface area (Å²) in [5, 5.41) is 9.33. The minimum Gasteiger partial charge on any atom is -0.494 e. The SMILES string of the molecule is N#CC(CCOc1ccc(F)cc1)c1ccc2c(c1)OCO2. The van der Waals surface area contributed by atoms with Gasteiger partial charge in [0.25, 0.3) is 0 Å². The third-order valence-corrected chi connectivity index (χ3v) is 3.44. The maximum atomic E-state index is 12.8. The van der Waals surface area contributed by atoms with E-state index in [-0.39, 0.29) is 18.5 Å². The number of halogens is 1. The zero-order valence-electron chi connectivity index (χ0n) is 11.8. The Morgan fingerprint density at radius 2 is 1.91 bits per heavy atom. The first-order valence-electron chi connectivity index (χ1n) is 6.94. The number of nitriles is 1. The van der Waals surface area contributed by atoms with Crippen LogP contribution in [0, 0.1) is 17.1 Å². The van der Waals surface area contributed by atoms with Gasteiger partial charge in [-0.2, -0.15) is 5.26 Å². The molecule has 112 valence electrons. The van der Waals surface area contributed by atoms with E-state index in [0.717, 1.165) is 5.56 Å². The van der Waals surface area contributed by atoms with E-state index in [4.69, 9.17) is 14.2 Å². The van der Waals surface area contributed by atoms with Crippen molar-refractivity contribution in [3.8, 4) is 23.3 Å². The van der Waals surface area contributed by atoms with E-state index in [1.807, 2.05) is 18.2 Å². The van der Waals surface area contributed by atoms with Crippen LogP contribution >= 0.6 is 0 Å². The maximum Gasteiger partial charge on any atom is 0.231 e. The lowest BCUT2D eigenvalue weighted by atomic mass is 9.97. The molecule has 1 atom stereocenters. The zero-order valence-corrected chi connectivity index (χ0v) is 11.8. The summed E-state index contributed by atoms with van der Waals surface area (Å²) in [6, 6.07) is 13.6. The molecule has 0 N–H and O–H groups in total. The van der Waals surface area contributed by atoms with Gasteiger partial charge in [0, 0.05) is 6.42 Å². The smallest absolute Gasteiger partial charge is 0.231 e. The van der Waals surface area contributed by atoms with Crippen molar-refractivity contribution in [1.82, 2.24) is 0 Å². The van der Waals surface area contributed by atoms with Gasteiger partial charge in [-0.05, 0) is 42.0 Å². The summed E-state index contributed by atoms with van der Waals surface area (Å²) in [6.45, 7) is 0.585. The molecule has 2 aromatic rings. The molecule has 1 aliphatic heterocycles. The summed E-state index contributed by atoms with van der Waals surface area (Å²) in [5.41, 5.74) is 0.870. The minimum atomic E-state index is -0.303.